The first-order valence-corrected chi connectivity index (χ1v) is 5.71. The minimum atomic E-state index is -1.22. The highest BCUT2D eigenvalue weighted by Gasteiger charge is 2.18. The Morgan fingerprint density at radius 2 is 1.55 bits per heavy atom. The summed E-state index contributed by atoms with van der Waals surface area (Å²) in [6.07, 6.45) is 0. The molecule has 0 spiro atoms. The molecule has 0 unspecified atom stereocenters. The summed E-state index contributed by atoms with van der Waals surface area (Å²) in [5, 5.41) is 21.4. The molecule has 1 amide bonds. The van der Waals surface area contributed by atoms with E-state index in [-0.39, 0.29) is 22.4 Å². The topological polar surface area (TPSA) is 104 Å². The molecular weight excluding hydrogens is 262 g/mol. The molecule has 2 aromatic rings. The van der Waals surface area contributed by atoms with Crippen molar-refractivity contribution in [3.05, 3.63) is 41.5 Å². The Morgan fingerprint density at radius 3 is 2.10 bits per heavy atom. The third-order valence-corrected chi connectivity index (χ3v) is 2.81. The Bertz CT molecular complexity index is 715. The van der Waals surface area contributed by atoms with Crippen LogP contribution in [0.2, 0.25) is 0 Å². The second-order valence-corrected chi connectivity index (χ2v) is 4.18. The van der Waals surface area contributed by atoms with Gasteiger partial charge in [-0.15, -0.1) is 0 Å². The van der Waals surface area contributed by atoms with E-state index in [0.29, 0.717) is 11.1 Å². The van der Waals surface area contributed by atoms with Crippen molar-refractivity contribution in [2.24, 2.45) is 0 Å². The summed E-state index contributed by atoms with van der Waals surface area (Å²) in [5.41, 5.74) is 0.139. The molecule has 0 saturated carbocycles. The zero-order valence-corrected chi connectivity index (χ0v) is 10.5. The first kappa shape index (κ1) is 13.5. The maximum Gasteiger partial charge on any atom is 0.336 e. The Morgan fingerprint density at radius 1 is 0.950 bits per heavy atom. The van der Waals surface area contributed by atoms with E-state index in [4.69, 9.17) is 0 Å². The van der Waals surface area contributed by atoms with E-state index in [0.717, 1.165) is 0 Å². The van der Waals surface area contributed by atoms with Gasteiger partial charge in [-0.1, -0.05) is 12.1 Å². The summed E-state index contributed by atoms with van der Waals surface area (Å²) < 4.78 is 0. The Labute approximate surface area is 113 Å². The molecule has 3 N–H and O–H groups in total. The van der Waals surface area contributed by atoms with E-state index in [1.165, 1.54) is 31.2 Å². The number of carbonyl (C=O) groups excluding carboxylic acids is 1. The van der Waals surface area contributed by atoms with Crippen molar-refractivity contribution in [2.75, 3.05) is 5.32 Å². The molecule has 0 aliphatic heterocycles. The minimum absolute atomic E-state index is 0.0961. The molecule has 0 atom stereocenters. The number of benzene rings is 2. The molecule has 0 aromatic heterocycles. The number of hydrogen-bond donors (Lipinski definition) is 3. The van der Waals surface area contributed by atoms with Crippen LogP contribution in [0.5, 0.6) is 0 Å². The number of carboxylic acid groups (broad SMARTS) is 2. The summed E-state index contributed by atoms with van der Waals surface area (Å²) in [6.45, 7) is 1.32. The van der Waals surface area contributed by atoms with E-state index in [2.05, 4.69) is 5.32 Å². The van der Waals surface area contributed by atoms with E-state index in [1.54, 1.807) is 6.07 Å². The van der Waals surface area contributed by atoms with Crippen LogP contribution in [-0.2, 0) is 4.79 Å². The van der Waals surface area contributed by atoms with Crippen LogP contribution in [0.4, 0.5) is 5.69 Å². The van der Waals surface area contributed by atoms with Crippen molar-refractivity contribution < 1.29 is 24.6 Å². The van der Waals surface area contributed by atoms with Gasteiger partial charge in [-0.05, 0) is 18.2 Å². The molecule has 0 fully saturated rings. The fourth-order valence-corrected chi connectivity index (χ4v) is 2.06. The largest absolute Gasteiger partial charge is 0.478 e. The molecule has 102 valence electrons. The van der Waals surface area contributed by atoms with E-state index >= 15 is 0 Å². The molecule has 0 aliphatic carbocycles. The van der Waals surface area contributed by atoms with Gasteiger partial charge in [-0.3, -0.25) is 4.79 Å². The van der Waals surface area contributed by atoms with Crippen molar-refractivity contribution >= 4 is 34.3 Å². The van der Waals surface area contributed by atoms with Crippen LogP contribution >= 0.6 is 0 Å². The molecule has 0 heterocycles. The Kier molecular flexibility index (Phi) is 3.39. The molecule has 0 saturated heterocycles. The van der Waals surface area contributed by atoms with Crippen LogP contribution in [0.25, 0.3) is 10.8 Å². The van der Waals surface area contributed by atoms with Gasteiger partial charge in [-0.25, -0.2) is 9.59 Å². The summed E-state index contributed by atoms with van der Waals surface area (Å²) in [5.74, 6) is -2.77. The molecule has 0 radical (unpaired) electrons. The number of rotatable bonds is 3. The van der Waals surface area contributed by atoms with Gasteiger partial charge in [0.15, 0.2) is 0 Å². The van der Waals surface area contributed by atoms with Gasteiger partial charge in [0.1, 0.15) is 0 Å². The second kappa shape index (κ2) is 5.00. The van der Waals surface area contributed by atoms with Gasteiger partial charge in [0, 0.05) is 23.4 Å². The van der Waals surface area contributed by atoms with Crippen LogP contribution in [0.1, 0.15) is 27.6 Å². The molecule has 2 rings (SSSR count). The summed E-state index contributed by atoms with van der Waals surface area (Å²) in [4.78, 5) is 33.6. The predicted molar refractivity (Wildman–Crippen MR) is 72.2 cm³/mol. The lowest BCUT2D eigenvalue weighted by atomic mass is 9.97. The van der Waals surface area contributed by atoms with Crippen LogP contribution < -0.4 is 5.32 Å². The fourth-order valence-electron chi connectivity index (χ4n) is 2.06. The minimum Gasteiger partial charge on any atom is -0.478 e. The molecule has 20 heavy (non-hydrogen) atoms. The summed E-state index contributed by atoms with van der Waals surface area (Å²) in [7, 11) is 0. The third kappa shape index (κ3) is 2.31. The molecule has 6 nitrogen and oxygen atoms in total. The number of nitrogens with one attached hydrogen (secondary N) is 1. The summed E-state index contributed by atoms with van der Waals surface area (Å²) in [6, 6.07) is 7.12. The van der Waals surface area contributed by atoms with Crippen molar-refractivity contribution in [1.29, 1.82) is 0 Å². The van der Waals surface area contributed by atoms with Gasteiger partial charge < -0.3 is 15.5 Å². The number of fused-ring (bicyclic) bond motifs is 1. The summed E-state index contributed by atoms with van der Waals surface area (Å²) >= 11 is 0. The smallest absolute Gasteiger partial charge is 0.336 e. The number of amides is 1. The fraction of sp³-hybridized carbons (Fsp3) is 0.0714. The first-order valence-electron chi connectivity index (χ1n) is 5.71. The van der Waals surface area contributed by atoms with Gasteiger partial charge in [-0.2, -0.15) is 0 Å². The Hall–Kier alpha value is -2.89. The van der Waals surface area contributed by atoms with Gasteiger partial charge in [0.25, 0.3) is 0 Å². The second-order valence-electron chi connectivity index (χ2n) is 4.18. The molecule has 2 aromatic carbocycles. The third-order valence-electron chi connectivity index (χ3n) is 2.81. The van der Waals surface area contributed by atoms with Crippen LogP contribution in [0.3, 0.4) is 0 Å². The SMILES string of the molecule is CC(=O)Nc1ccc(C(=O)O)c2c(C(=O)O)cccc12. The standard InChI is InChI=1S/C14H11NO5/c1-7(16)15-11-6-5-10(14(19)20)12-8(11)3-2-4-9(12)13(17)18/h2-6H,1H3,(H,15,16)(H,17,18)(H,19,20). The van der Waals surface area contributed by atoms with Crippen molar-refractivity contribution in [3.8, 4) is 0 Å². The normalized spacial score (nSPS) is 10.2. The average molecular weight is 273 g/mol. The highest BCUT2D eigenvalue weighted by molar-refractivity contribution is 6.16. The maximum atomic E-state index is 11.2. The van der Waals surface area contributed by atoms with Crippen LogP contribution in [-0.4, -0.2) is 28.1 Å². The quantitative estimate of drug-likeness (QED) is 0.795. The van der Waals surface area contributed by atoms with Crippen LogP contribution in [0, 0.1) is 0 Å². The highest BCUT2D eigenvalue weighted by atomic mass is 16.4. The van der Waals surface area contributed by atoms with Crippen molar-refractivity contribution in [3.63, 3.8) is 0 Å². The van der Waals surface area contributed by atoms with Gasteiger partial charge in [0.2, 0.25) is 5.91 Å². The van der Waals surface area contributed by atoms with Gasteiger partial charge in [0.05, 0.1) is 11.1 Å². The lowest BCUT2D eigenvalue weighted by Crippen LogP contribution is -2.09. The lowest BCUT2D eigenvalue weighted by molar-refractivity contribution is -0.114. The Balaban J connectivity index is 2.87. The predicted octanol–water partition coefficient (Wildman–Crippen LogP) is 2.19. The van der Waals surface area contributed by atoms with Crippen LogP contribution in [0.15, 0.2) is 30.3 Å². The van der Waals surface area contributed by atoms with E-state index in [1.807, 2.05) is 0 Å². The monoisotopic (exact) mass is 273 g/mol. The van der Waals surface area contributed by atoms with E-state index in [9.17, 15) is 24.6 Å². The molecular formula is C14H11NO5. The van der Waals surface area contributed by atoms with Crippen molar-refractivity contribution in [1.82, 2.24) is 0 Å². The highest BCUT2D eigenvalue weighted by Crippen LogP contribution is 2.30. The van der Waals surface area contributed by atoms with Gasteiger partial charge >= 0.3 is 11.9 Å². The zero-order valence-electron chi connectivity index (χ0n) is 10.5. The average Bonchev–Trinajstić information content (AvgIpc) is 2.37. The number of carbonyl (C=O) groups is 3. The lowest BCUT2D eigenvalue weighted by Gasteiger charge is -2.11. The maximum absolute atomic E-state index is 11.2. The van der Waals surface area contributed by atoms with E-state index < -0.39 is 11.9 Å². The number of anilines is 1. The zero-order chi connectivity index (χ0) is 14.9. The molecule has 6 heteroatoms. The number of hydrogen-bond acceptors (Lipinski definition) is 3. The molecule has 0 aliphatic rings. The number of carboxylic acids is 2. The number of aromatic carboxylic acids is 2. The van der Waals surface area contributed by atoms with Crippen molar-refractivity contribution in [2.45, 2.75) is 6.92 Å². The first-order chi connectivity index (χ1) is 9.41. The molecule has 0 bridgehead atoms.